The standard InChI is InChI=1S/C14H19N3O2/c1-19-13-3-2-6-17(13)12-7-9-4-5-10(15)8-11(9)16-14(12)18/h4-5,8,12-13H,2-3,6-7,15H2,1H3,(H,16,18)/t12?,13-/m0/s1. The molecule has 5 nitrogen and oxygen atoms in total. The number of rotatable bonds is 2. The summed E-state index contributed by atoms with van der Waals surface area (Å²) in [5, 5.41) is 2.96. The molecule has 2 aliphatic heterocycles. The summed E-state index contributed by atoms with van der Waals surface area (Å²) in [7, 11) is 1.71. The molecule has 3 N–H and O–H groups in total. The first-order valence-corrected chi connectivity index (χ1v) is 6.67. The number of amides is 1. The third-order valence-corrected chi connectivity index (χ3v) is 4.02. The summed E-state index contributed by atoms with van der Waals surface area (Å²) in [4.78, 5) is 14.4. The van der Waals surface area contributed by atoms with E-state index in [1.165, 1.54) is 0 Å². The van der Waals surface area contributed by atoms with E-state index in [0.29, 0.717) is 5.69 Å². The zero-order valence-electron chi connectivity index (χ0n) is 11.1. The van der Waals surface area contributed by atoms with Crippen molar-refractivity contribution in [2.75, 3.05) is 24.7 Å². The number of hydrogen-bond acceptors (Lipinski definition) is 4. The van der Waals surface area contributed by atoms with E-state index in [9.17, 15) is 4.79 Å². The van der Waals surface area contributed by atoms with Gasteiger partial charge in [-0.2, -0.15) is 0 Å². The molecule has 0 saturated carbocycles. The van der Waals surface area contributed by atoms with E-state index in [1.54, 1.807) is 7.11 Å². The van der Waals surface area contributed by atoms with Gasteiger partial charge in [0.05, 0.1) is 6.04 Å². The van der Waals surface area contributed by atoms with Crippen LogP contribution in [-0.2, 0) is 16.0 Å². The Kier molecular flexibility index (Phi) is 3.16. The fourth-order valence-corrected chi connectivity index (χ4v) is 3.04. The number of benzene rings is 1. The van der Waals surface area contributed by atoms with E-state index in [4.69, 9.17) is 10.5 Å². The number of fused-ring (bicyclic) bond motifs is 1. The van der Waals surface area contributed by atoms with Crippen molar-refractivity contribution >= 4 is 17.3 Å². The van der Waals surface area contributed by atoms with Gasteiger partial charge in [-0.15, -0.1) is 0 Å². The molecule has 0 aliphatic carbocycles. The van der Waals surface area contributed by atoms with E-state index >= 15 is 0 Å². The zero-order valence-corrected chi connectivity index (χ0v) is 11.1. The summed E-state index contributed by atoms with van der Waals surface area (Å²) in [6.45, 7) is 0.918. The van der Waals surface area contributed by atoms with Gasteiger partial charge in [-0.05, 0) is 37.0 Å². The van der Waals surface area contributed by atoms with Crippen LogP contribution in [0, 0.1) is 0 Å². The van der Waals surface area contributed by atoms with Gasteiger partial charge in [0, 0.05) is 25.0 Å². The average molecular weight is 261 g/mol. The van der Waals surface area contributed by atoms with Crippen LogP contribution in [0.4, 0.5) is 11.4 Å². The highest BCUT2D eigenvalue weighted by molar-refractivity contribution is 5.98. The molecule has 1 saturated heterocycles. The molecule has 0 aromatic heterocycles. The van der Waals surface area contributed by atoms with E-state index < -0.39 is 0 Å². The van der Waals surface area contributed by atoms with E-state index in [2.05, 4.69) is 10.2 Å². The molecule has 2 heterocycles. The smallest absolute Gasteiger partial charge is 0.242 e. The molecule has 1 aromatic rings. The third-order valence-electron chi connectivity index (χ3n) is 4.02. The molecule has 0 bridgehead atoms. The first kappa shape index (κ1) is 12.4. The van der Waals surface area contributed by atoms with Gasteiger partial charge < -0.3 is 15.8 Å². The van der Waals surface area contributed by atoms with Crippen molar-refractivity contribution in [1.29, 1.82) is 0 Å². The van der Waals surface area contributed by atoms with E-state index in [-0.39, 0.29) is 18.2 Å². The van der Waals surface area contributed by atoms with E-state index in [0.717, 1.165) is 37.1 Å². The van der Waals surface area contributed by atoms with Crippen LogP contribution in [0.5, 0.6) is 0 Å². The molecule has 3 rings (SSSR count). The van der Waals surface area contributed by atoms with Crippen LogP contribution >= 0.6 is 0 Å². The number of nitrogens with two attached hydrogens (primary N) is 1. The predicted octanol–water partition coefficient (Wildman–Crippen LogP) is 1.20. The topological polar surface area (TPSA) is 67.6 Å². The first-order chi connectivity index (χ1) is 9.19. The van der Waals surface area contributed by atoms with Gasteiger partial charge in [-0.25, -0.2) is 0 Å². The lowest BCUT2D eigenvalue weighted by Crippen LogP contribution is -2.50. The maximum atomic E-state index is 12.3. The Morgan fingerprint density at radius 1 is 1.47 bits per heavy atom. The lowest BCUT2D eigenvalue weighted by Gasteiger charge is -2.34. The highest BCUT2D eigenvalue weighted by Crippen LogP contribution is 2.30. The maximum absolute atomic E-state index is 12.3. The number of nitrogen functional groups attached to an aromatic ring is 1. The quantitative estimate of drug-likeness (QED) is 0.785. The molecule has 0 spiro atoms. The van der Waals surface area contributed by atoms with Gasteiger partial charge in [0.15, 0.2) is 0 Å². The minimum Gasteiger partial charge on any atom is -0.399 e. The minimum absolute atomic E-state index is 0.0436. The second-order valence-electron chi connectivity index (χ2n) is 5.20. The summed E-state index contributed by atoms with van der Waals surface area (Å²) >= 11 is 0. The molecular weight excluding hydrogens is 242 g/mol. The average Bonchev–Trinajstić information content (AvgIpc) is 2.86. The summed E-state index contributed by atoms with van der Waals surface area (Å²) in [6, 6.07) is 5.56. The number of carbonyl (C=O) groups excluding carboxylic acids is 1. The summed E-state index contributed by atoms with van der Waals surface area (Å²) in [5.41, 5.74) is 8.40. The molecular formula is C14H19N3O2. The minimum atomic E-state index is -0.136. The van der Waals surface area contributed by atoms with Crippen molar-refractivity contribution in [2.45, 2.75) is 31.5 Å². The molecule has 1 unspecified atom stereocenters. The van der Waals surface area contributed by atoms with Gasteiger partial charge in [0.2, 0.25) is 5.91 Å². The lowest BCUT2D eigenvalue weighted by molar-refractivity contribution is -0.126. The summed E-state index contributed by atoms with van der Waals surface area (Å²) < 4.78 is 5.46. The van der Waals surface area contributed by atoms with Crippen molar-refractivity contribution in [2.24, 2.45) is 0 Å². The number of ether oxygens (including phenoxy) is 1. The van der Waals surface area contributed by atoms with E-state index in [1.807, 2.05) is 18.2 Å². The fraction of sp³-hybridized carbons (Fsp3) is 0.500. The zero-order chi connectivity index (χ0) is 13.4. The van der Waals surface area contributed by atoms with Gasteiger partial charge in [0.25, 0.3) is 0 Å². The van der Waals surface area contributed by atoms with Crippen molar-refractivity contribution in [3.63, 3.8) is 0 Å². The summed E-state index contributed by atoms with van der Waals surface area (Å²) in [5.74, 6) is 0.0436. The highest BCUT2D eigenvalue weighted by atomic mass is 16.5. The molecule has 1 fully saturated rings. The number of carbonyl (C=O) groups is 1. The Bertz CT molecular complexity index is 503. The molecule has 2 aliphatic rings. The highest BCUT2D eigenvalue weighted by Gasteiger charge is 2.37. The number of hydrogen-bond donors (Lipinski definition) is 2. The fourth-order valence-electron chi connectivity index (χ4n) is 3.04. The van der Waals surface area contributed by atoms with Gasteiger partial charge in [-0.1, -0.05) is 6.07 Å². The first-order valence-electron chi connectivity index (χ1n) is 6.67. The molecule has 102 valence electrons. The molecule has 1 aromatic carbocycles. The number of likely N-dealkylation sites (tertiary alicyclic amines) is 1. The summed E-state index contributed by atoms with van der Waals surface area (Å²) in [6.07, 6.45) is 2.86. The molecule has 2 atom stereocenters. The van der Waals surface area contributed by atoms with Gasteiger partial charge in [0.1, 0.15) is 6.23 Å². The predicted molar refractivity (Wildman–Crippen MR) is 73.7 cm³/mol. The SMILES string of the molecule is CO[C@H]1CCCN1C1Cc2ccc(N)cc2NC1=O. The third kappa shape index (κ3) is 2.19. The van der Waals surface area contributed by atoms with Crippen LogP contribution in [-0.4, -0.2) is 36.7 Å². The lowest BCUT2D eigenvalue weighted by atomic mass is 9.97. The number of nitrogens with one attached hydrogen (secondary N) is 1. The van der Waals surface area contributed by atoms with Gasteiger partial charge >= 0.3 is 0 Å². The van der Waals surface area contributed by atoms with Crippen molar-refractivity contribution in [1.82, 2.24) is 4.90 Å². The normalized spacial score (nSPS) is 27.1. The van der Waals surface area contributed by atoms with Crippen LogP contribution in [0.1, 0.15) is 18.4 Å². The molecule has 19 heavy (non-hydrogen) atoms. The molecule has 5 heteroatoms. The Morgan fingerprint density at radius 3 is 3.11 bits per heavy atom. The number of anilines is 2. The van der Waals surface area contributed by atoms with Crippen LogP contribution in [0.15, 0.2) is 18.2 Å². The van der Waals surface area contributed by atoms with Crippen molar-refractivity contribution < 1.29 is 9.53 Å². The second kappa shape index (κ2) is 4.83. The Balaban J connectivity index is 1.85. The maximum Gasteiger partial charge on any atom is 0.242 e. The van der Waals surface area contributed by atoms with Crippen LogP contribution in [0.25, 0.3) is 0 Å². The second-order valence-corrected chi connectivity index (χ2v) is 5.20. The Labute approximate surface area is 112 Å². The van der Waals surface area contributed by atoms with Crippen LogP contribution in [0.3, 0.4) is 0 Å². The molecule has 1 amide bonds. The number of methoxy groups -OCH3 is 1. The Morgan fingerprint density at radius 2 is 2.32 bits per heavy atom. The molecule has 0 radical (unpaired) electrons. The van der Waals surface area contributed by atoms with Crippen LogP contribution in [0.2, 0.25) is 0 Å². The van der Waals surface area contributed by atoms with Crippen LogP contribution < -0.4 is 11.1 Å². The van der Waals surface area contributed by atoms with Crippen molar-refractivity contribution in [3.8, 4) is 0 Å². The largest absolute Gasteiger partial charge is 0.399 e. The monoisotopic (exact) mass is 261 g/mol. The van der Waals surface area contributed by atoms with Crippen molar-refractivity contribution in [3.05, 3.63) is 23.8 Å². The number of nitrogens with zero attached hydrogens (tertiary/aromatic N) is 1. The Hall–Kier alpha value is -1.59. The van der Waals surface area contributed by atoms with Gasteiger partial charge in [-0.3, -0.25) is 9.69 Å².